The molecular weight excluding hydrogens is 427 g/mol. The lowest BCUT2D eigenvalue weighted by atomic mass is 9.78. The van der Waals surface area contributed by atoms with E-state index in [1.54, 1.807) is 0 Å². The van der Waals surface area contributed by atoms with Crippen molar-refractivity contribution in [2.24, 2.45) is 0 Å². The Labute approximate surface area is 200 Å². The molecule has 1 saturated carbocycles. The molecule has 4 heteroatoms. The van der Waals surface area contributed by atoms with Gasteiger partial charge in [0, 0.05) is 11.1 Å². The molecule has 177 valence electrons. The Balaban J connectivity index is 2.12. The van der Waals surface area contributed by atoms with Crippen LogP contribution in [0.5, 0.6) is 0 Å². The van der Waals surface area contributed by atoms with E-state index in [0.717, 1.165) is 47.1 Å². The standard InChI is InChI=1S/C29H38O3P/c1-18-14-19(2)25(20(3)15-18)27(31)33(32)29(12-10-9-11-13-29)26(30)24-21(4)16-23(17-22(24)5)28(6,7)8/h14-17H,9-13H2,1-8H3. The summed E-state index contributed by atoms with van der Waals surface area (Å²) in [5.74, 6) is -0.102. The van der Waals surface area contributed by atoms with Crippen LogP contribution in [0.2, 0.25) is 0 Å². The minimum absolute atomic E-state index is 0.0266. The topological polar surface area (TPSA) is 51.2 Å². The quantitative estimate of drug-likeness (QED) is 0.331. The summed E-state index contributed by atoms with van der Waals surface area (Å²) >= 11 is 0. The van der Waals surface area contributed by atoms with Crippen LogP contribution < -0.4 is 0 Å². The maximum Gasteiger partial charge on any atom is 0.243 e. The van der Waals surface area contributed by atoms with Gasteiger partial charge in [0.15, 0.2) is 13.6 Å². The molecular formula is C29H38O3P. The van der Waals surface area contributed by atoms with Crippen LogP contribution in [-0.4, -0.2) is 16.5 Å². The van der Waals surface area contributed by atoms with Crippen molar-refractivity contribution in [3.8, 4) is 0 Å². The summed E-state index contributed by atoms with van der Waals surface area (Å²) in [7, 11) is -2.42. The number of rotatable bonds is 5. The molecule has 0 aliphatic heterocycles. The van der Waals surface area contributed by atoms with E-state index in [-0.39, 0.29) is 16.7 Å². The number of Topliss-reactive ketones (excluding diaryl/α,β-unsaturated/α-hetero) is 1. The van der Waals surface area contributed by atoms with Crippen LogP contribution in [0.15, 0.2) is 24.3 Å². The smallest absolute Gasteiger partial charge is 0.243 e. The lowest BCUT2D eigenvalue weighted by molar-refractivity contribution is 0.0902. The Bertz CT molecular complexity index is 1080. The van der Waals surface area contributed by atoms with Gasteiger partial charge in [0.1, 0.15) is 5.16 Å². The highest BCUT2D eigenvalue weighted by Gasteiger charge is 2.49. The van der Waals surface area contributed by atoms with Gasteiger partial charge in [-0.05, 0) is 80.7 Å². The van der Waals surface area contributed by atoms with Crippen molar-refractivity contribution in [2.45, 2.75) is 98.1 Å². The van der Waals surface area contributed by atoms with Crippen molar-refractivity contribution in [3.63, 3.8) is 0 Å². The van der Waals surface area contributed by atoms with Crippen molar-refractivity contribution >= 4 is 19.1 Å². The number of benzene rings is 2. The molecule has 1 fully saturated rings. The Kier molecular flexibility index (Phi) is 7.16. The first kappa shape index (κ1) is 25.5. The van der Waals surface area contributed by atoms with Crippen molar-refractivity contribution in [1.82, 2.24) is 0 Å². The van der Waals surface area contributed by atoms with E-state index in [1.165, 1.54) is 5.56 Å². The van der Waals surface area contributed by atoms with Gasteiger partial charge in [-0.2, -0.15) is 0 Å². The number of hydrogen-bond donors (Lipinski definition) is 0. The minimum atomic E-state index is -2.42. The third kappa shape index (κ3) is 4.76. The van der Waals surface area contributed by atoms with Gasteiger partial charge in [-0.15, -0.1) is 0 Å². The number of hydrogen-bond acceptors (Lipinski definition) is 3. The van der Waals surface area contributed by atoms with Gasteiger partial charge in [-0.3, -0.25) is 14.2 Å². The second-order valence-corrected chi connectivity index (χ2v) is 12.9. The normalized spacial score (nSPS) is 16.4. The van der Waals surface area contributed by atoms with Crippen LogP contribution in [0.3, 0.4) is 0 Å². The Morgan fingerprint density at radius 3 is 1.67 bits per heavy atom. The van der Waals surface area contributed by atoms with Crippen LogP contribution in [0.1, 0.15) is 107 Å². The lowest BCUT2D eigenvalue weighted by Gasteiger charge is -2.35. The summed E-state index contributed by atoms with van der Waals surface area (Å²) in [4.78, 5) is 27.8. The predicted octanol–water partition coefficient (Wildman–Crippen LogP) is 8.08. The van der Waals surface area contributed by atoms with E-state index in [1.807, 2.05) is 46.8 Å². The molecule has 0 bridgehead atoms. The van der Waals surface area contributed by atoms with E-state index in [0.29, 0.717) is 24.0 Å². The SMILES string of the molecule is Cc1cc(C)c(C(=O)[P](=O)C2(C(=O)c3c(C)cc(C(C)(C)C)cc3C)CCCCC2)c(C)c1. The molecule has 2 aromatic carbocycles. The summed E-state index contributed by atoms with van der Waals surface area (Å²) in [6.07, 6.45) is 3.68. The van der Waals surface area contributed by atoms with Gasteiger partial charge in [0.25, 0.3) is 0 Å². The number of aryl methyl sites for hydroxylation is 5. The molecule has 3 rings (SSSR count). The molecule has 0 saturated heterocycles. The van der Waals surface area contributed by atoms with Crippen LogP contribution in [0, 0.1) is 34.6 Å². The number of carbonyl (C=O) groups excluding carboxylic acids is 2. The molecule has 1 aliphatic rings. The van der Waals surface area contributed by atoms with E-state index in [4.69, 9.17) is 0 Å². The molecule has 0 heterocycles. The van der Waals surface area contributed by atoms with Gasteiger partial charge in [-0.1, -0.05) is 69.9 Å². The average molecular weight is 466 g/mol. The third-order valence-corrected chi connectivity index (χ3v) is 9.21. The zero-order valence-electron chi connectivity index (χ0n) is 21.5. The second-order valence-electron chi connectivity index (χ2n) is 11.0. The molecule has 2 aromatic rings. The minimum Gasteiger partial charge on any atom is -0.293 e. The van der Waals surface area contributed by atoms with Gasteiger partial charge in [-0.25, -0.2) is 0 Å². The molecule has 1 aliphatic carbocycles. The first-order chi connectivity index (χ1) is 15.3. The molecule has 0 aromatic heterocycles. The summed E-state index contributed by atoms with van der Waals surface area (Å²) in [5.41, 5.74) is 6.53. The van der Waals surface area contributed by atoms with Gasteiger partial charge in [0.05, 0.1) is 0 Å². The van der Waals surface area contributed by atoms with E-state index in [2.05, 4.69) is 32.9 Å². The van der Waals surface area contributed by atoms with Crippen LogP contribution >= 0.6 is 7.80 Å². The molecule has 1 unspecified atom stereocenters. The zero-order chi connectivity index (χ0) is 24.7. The third-order valence-electron chi connectivity index (χ3n) is 7.19. The van der Waals surface area contributed by atoms with Crippen molar-refractivity contribution in [1.29, 1.82) is 0 Å². The lowest BCUT2D eigenvalue weighted by Crippen LogP contribution is -2.39. The molecule has 3 nitrogen and oxygen atoms in total. The molecule has 0 spiro atoms. The maximum absolute atomic E-state index is 14.2. The first-order valence-electron chi connectivity index (χ1n) is 12.1. The Morgan fingerprint density at radius 1 is 0.758 bits per heavy atom. The van der Waals surface area contributed by atoms with E-state index < -0.39 is 13.0 Å². The largest absolute Gasteiger partial charge is 0.293 e. The first-order valence-corrected chi connectivity index (χ1v) is 13.3. The number of carbonyl (C=O) groups is 2. The molecule has 0 amide bonds. The van der Waals surface area contributed by atoms with Gasteiger partial charge >= 0.3 is 0 Å². The molecule has 1 radical (unpaired) electrons. The summed E-state index contributed by atoms with van der Waals surface area (Å²) in [6, 6.07) is 8.08. The highest BCUT2D eigenvalue weighted by atomic mass is 31.1. The Morgan fingerprint density at radius 2 is 1.21 bits per heavy atom. The average Bonchev–Trinajstić information content (AvgIpc) is 2.71. The number of ketones is 1. The van der Waals surface area contributed by atoms with Crippen molar-refractivity contribution < 1.29 is 14.2 Å². The monoisotopic (exact) mass is 465 g/mol. The molecule has 1 atom stereocenters. The van der Waals surface area contributed by atoms with Crippen molar-refractivity contribution in [3.05, 3.63) is 68.8 Å². The summed E-state index contributed by atoms with van der Waals surface area (Å²) in [5, 5.41) is -1.12. The van der Waals surface area contributed by atoms with Crippen LogP contribution in [0.25, 0.3) is 0 Å². The highest BCUT2D eigenvalue weighted by molar-refractivity contribution is 7.67. The van der Waals surface area contributed by atoms with Crippen molar-refractivity contribution in [2.75, 3.05) is 0 Å². The predicted molar refractivity (Wildman–Crippen MR) is 137 cm³/mol. The van der Waals surface area contributed by atoms with E-state index in [9.17, 15) is 14.2 Å². The Hall–Kier alpha value is -2.12. The zero-order valence-corrected chi connectivity index (χ0v) is 22.4. The van der Waals surface area contributed by atoms with Gasteiger partial charge in [0.2, 0.25) is 5.52 Å². The van der Waals surface area contributed by atoms with Crippen LogP contribution in [0.4, 0.5) is 0 Å². The fourth-order valence-electron chi connectivity index (χ4n) is 5.46. The second kappa shape index (κ2) is 9.26. The summed E-state index contributed by atoms with van der Waals surface area (Å²) < 4.78 is 14.1. The molecule has 33 heavy (non-hydrogen) atoms. The maximum atomic E-state index is 14.2. The van der Waals surface area contributed by atoms with Crippen LogP contribution in [-0.2, 0) is 9.98 Å². The summed E-state index contributed by atoms with van der Waals surface area (Å²) in [6.45, 7) is 16.2. The highest BCUT2D eigenvalue weighted by Crippen LogP contribution is 2.53. The van der Waals surface area contributed by atoms with Gasteiger partial charge < -0.3 is 0 Å². The molecule has 0 N–H and O–H groups in total. The van der Waals surface area contributed by atoms with E-state index >= 15 is 0 Å². The fourth-order valence-corrected chi connectivity index (χ4v) is 7.42. The fraction of sp³-hybridized carbons (Fsp3) is 0.517.